The number of carbonyl (C=O) groups is 1. The van der Waals surface area contributed by atoms with Crippen LogP contribution >= 0.6 is 22.9 Å². The lowest BCUT2D eigenvalue weighted by atomic mass is 10.2. The Labute approximate surface area is 183 Å². The van der Waals surface area contributed by atoms with Crippen molar-refractivity contribution in [2.75, 3.05) is 5.32 Å². The van der Waals surface area contributed by atoms with Gasteiger partial charge >= 0.3 is 0 Å². The van der Waals surface area contributed by atoms with Crippen LogP contribution in [0.2, 0.25) is 5.02 Å². The number of amides is 1. The fraction of sp³-hybridized carbons (Fsp3) is 0.0476. The summed E-state index contributed by atoms with van der Waals surface area (Å²) < 4.78 is 28.0. The fourth-order valence-corrected chi connectivity index (χ4v) is 3.78. The van der Waals surface area contributed by atoms with Crippen molar-refractivity contribution in [3.8, 4) is 16.9 Å². The molecule has 6 nitrogen and oxygen atoms in total. The summed E-state index contributed by atoms with van der Waals surface area (Å²) >= 11 is 7.29. The van der Waals surface area contributed by atoms with E-state index >= 15 is 0 Å². The average Bonchev–Trinajstić information content (AvgIpc) is 3.19. The van der Waals surface area contributed by atoms with Crippen molar-refractivity contribution in [2.24, 2.45) is 0 Å². The van der Waals surface area contributed by atoms with E-state index in [4.69, 9.17) is 11.6 Å². The van der Waals surface area contributed by atoms with Gasteiger partial charge in [-0.2, -0.15) is 5.10 Å². The zero-order valence-electron chi connectivity index (χ0n) is 15.9. The molecule has 4 rings (SSSR count). The van der Waals surface area contributed by atoms with E-state index in [2.05, 4.69) is 15.4 Å². The molecule has 0 atom stereocenters. The molecule has 0 bridgehead atoms. The molecule has 156 valence electrons. The van der Waals surface area contributed by atoms with Crippen LogP contribution in [-0.4, -0.2) is 20.7 Å². The number of aromatic nitrogens is 3. The molecule has 10 heteroatoms. The Bertz CT molecular complexity index is 1370. The summed E-state index contributed by atoms with van der Waals surface area (Å²) in [5, 5.41) is 8.86. The highest BCUT2D eigenvalue weighted by atomic mass is 35.5. The van der Waals surface area contributed by atoms with E-state index in [0.29, 0.717) is 27.7 Å². The number of carbonyl (C=O) groups excluding carboxylic acids is 1. The highest BCUT2D eigenvalue weighted by Gasteiger charge is 2.18. The van der Waals surface area contributed by atoms with Gasteiger partial charge in [0.05, 0.1) is 16.4 Å². The molecule has 2 aromatic carbocycles. The third-order valence-electron chi connectivity index (χ3n) is 4.34. The minimum absolute atomic E-state index is 0.177. The number of halogens is 3. The molecule has 31 heavy (non-hydrogen) atoms. The monoisotopic (exact) mass is 458 g/mol. The van der Waals surface area contributed by atoms with Crippen LogP contribution in [-0.2, 0) is 0 Å². The minimum atomic E-state index is -1.000. The quantitative estimate of drug-likeness (QED) is 0.474. The van der Waals surface area contributed by atoms with Gasteiger partial charge in [0, 0.05) is 22.7 Å². The van der Waals surface area contributed by atoms with Crippen LogP contribution in [0.1, 0.15) is 16.2 Å². The average molecular weight is 459 g/mol. The molecule has 0 radical (unpaired) electrons. The SMILES string of the molecule is Cc1cc(=O)c(C(=O)Nc2nc(-c3ccc(F)c(F)c3)cs2)nn1-c1ccccc1Cl. The smallest absolute Gasteiger partial charge is 0.281 e. The Kier molecular flexibility index (Phi) is 5.62. The number of nitrogens with one attached hydrogen (secondary N) is 1. The first-order valence-corrected chi connectivity index (χ1v) is 10.2. The lowest BCUT2D eigenvalue weighted by Gasteiger charge is -2.12. The highest BCUT2D eigenvalue weighted by Crippen LogP contribution is 2.26. The van der Waals surface area contributed by atoms with Gasteiger partial charge in [0.1, 0.15) is 0 Å². The maximum atomic E-state index is 13.5. The third-order valence-corrected chi connectivity index (χ3v) is 5.42. The molecule has 0 aliphatic heterocycles. The molecule has 0 aliphatic carbocycles. The van der Waals surface area contributed by atoms with E-state index in [1.165, 1.54) is 16.8 Å². The molecule has 0 aliphatic rings. The number of thiazole rings is 1. The Balaban J connectivity index is 1.63. The molecule has 2 heterocycles. The number of nitrogens with zero attached hydrogens (tertiary/aromatic N) is 3. The van der Waals surface area contributed by atoms with Crippen molar-refractivity contribution >= 4 is 34.0 Å². The van der Waals surface area contributed by atoms with Crippen molar-refractivity contribution < 1.29 is 13.6 Å². The van der Waals surface area contributed by atoms with Gasteiger partial charge in [-0.05, 0) is 37.3 Å². The molecule has 1 amide bonds. The van der Waals surface area contributed by atoms with Gasteiger partial charge in [0.25, 0.3) is 5.91 Å². The van der Waals surface area contributed by atoms with Crippen molar-refractivity contribution in [2.45, 2.75) is 6.92 Å². The van der Waals surface area contributed by atoms with Crippen LogP contribution in [0.3, 0.4) is 0 Å². The second kappa shape index (κ2) is 8.37. The molecule has 4 aromatic rings. The van der Waals surface area contributed by atoms with E-state index in [-0.39, 0.29) is 10.8 Å². The van der Waals surface area contributed by atoms with Crippen molar-refractivity contribution in [1.82, 2.24) is 14.8 Å². The lowest BCUT2D eigenvalue weighted by Crippen LogP contribution is -2.27. The Morgan fingerprint density at radius 2 is 1.90 bits per heavy atom. The van der Waals surface area contributed by atoms with Crippen LogP contribution < -0.4 is 10.7 Å². The Morgan fingerprint density at radius 3 is 2.65 bits per heavy atom. The molecule has 0 unspecified atom stereocenters. The van der Waals surface area contributed by atoms with Gasteiger partial charge in [0.15, 0.2) is 22.5 Å². The summed E-state index contributed by atoms with van der Waals surface area (Å²) in [5.41, 5.74) is 0.829. The summed E-state index contributed by atoms with van der Waals surface area (Å²) in [6, 6.07) is 11.6. The molecule has 0 saturated carbocycles. The maximum absolute atomic E-state index is 13.5. The molecule has 1 N–H and O–H groups in total. The first-order chi connectivity index (χ1) is 14.8. The van der Waals surface area contributed by atoms with Crippen LogP contribution in [0, 0.1) is 18.6 Å². The molecule has 0 fully saturated rings. The largest absolute Gasteiger partial charge is 0.296 e. The number of hydrogen-bond acceptors (Lipinski definition) is 5. The maximum Gasteiger partial charge on any atom is 0.281 e. The van der Waals surface area contributed by atoms with Gasteiger partial charge < -0.3 is 0 Å². The van der Waals surface area contributed by atoms with Crippen molar-refractivity contribution in [3.05, 3.63) is 92.2 Å². The predicted octanol–water partition coefficient (Wildman–Crippen LogP) is 4.85. The first-order valence-electron chi connectivity index (χ1n) is 8.91. The van der Waals surface area contributed by atoms with Gasteiger partial charge in [-0.15, -0.1) is 11.3 Å². The van der Waals surface area contributed by atoms with E-state index in [1.54, 1.807) is 36.6 Å². The molecular weight excluding hydrogens is 446 g/mol. The number of hydrogen-bond donors (Lipinski definition) is 1. The van der Waals surface area contributed by atoms with E-state index in [0.717, 1.165) is 23.5 Å². The Morgan fingerprint density at radius 1 is 1.13 bits per heavy atom. The first kappa shape index (κ1) is 20.8. The summed E-state index contributed by atoms with van der Waals surface area (Å²) in [6.07, 6.45) is 0. The van der Waals surface area contributed by atoms with Crippen LogP contribution in [0.4, 0.5) is 13.9 Å². The standard InChI is InChI=1S/C21H13ClF2N4O2S/c1-11-8-18(29)19(27-28(11)17-5-3-2-4-13(17)22)20(30)26-21-25-16(10-31-21)12-6-7-14(23)15(24)9-12/h2-10H,1H3,(H,25,26,30). The van der Waals surface area contributed by atoms with Crippen molar-refractivity contribution in [3.63, 3.8) is 0 Å². The third kappa shape index (κ3) is 4.23. The predicted molar refractivity (Wildman–Crippen MR) is 115 cm³/mol. The molecule has 2 aromatic heterocycles. The molecule has 0 saturated heterocycles. The van der Waals surface area contributed by atoms with Crippen LogP contribution in [0.5, 0.6) is 0 Å². The normalized spacial score (nSPS) is 10.8. The van der Waals surface area contributed by atoms with Crippen molar-refractivity contribution in [1.29, 1.82) is 0 Å². The zero-order valence-corrected chi connectivity index (χ0v) is 17.5. The summed E-state index contributed by atoms with van der Waals surface area (Å²) in [6.45, 7) is 1.67. The summed E-state index contributed by atoms with van der Waals surface area (Å²) in [4.78, 5) is 29.3. The minimum Gasteiger partial charge on any atom is -0.296 e. The number of aryl methyl sites for hydroxylation is 1. The number of rotatable bonds is 4. The topological polar surface area (TPSA) is 76.9 Å². The second-order valence-corrected chi connectivity index (χ2v) is 7.75. The van der Waals surface area contributed by atoms with Gasteiger partial charge in [0.2, 0.25) is 5.43 Å². The Hall–Kier alpha value is -3.43. The zero-order chi connectivity index (χ0) is 22.1. The number of para-hydroxylation sites is 1. The van der Waals surface area contributed by atoms with Crippen LogP contribution in [0.15, 0.2) is 58.7 Å². The number of benzene rings is 2. The second-order valence-electron chi connectivity index (χ2n) is 6.48. The summed E-state index contributed by atoms with van der Waals surface area (Å²) in [7, 11) is 0. The molecule has 0 spiro atoms. The lowest BCUT2D eigenvalue weighted by molar-refractivity contribution is 0.101. The van der Waals surface area contributed by atoms with E-state index < -0.39 is 23.0 Å². The van der Waals surface area contributed by atoms with E-state index in [9.17, 15) is 18.4 Å². The van der Waals surface area contributed by atoms with Gasteiger partial charge in [-0.3, -0.25) is 14.9 Å². The highest BCUT2D eigenvalue weighted by molar-refractivity contribution is 7.14. The van der Waals surface area contributed by atoms with Gasteiger partial charge in [-0.1, -0.05) is 23.7 Å². The fourth-order valence-electron chi connectivity index (χ4n) is 2.85. The van der Waals surface area contributed by atoms with Gasteiger partial charge in [-0.25, -0.2) is 18.4 Å². The molecular formula is C21H13ClF2N4O2S. The number of anilines is 1. The van der Waals surface area contributed by atoms with Crippen LogP contribution in [0.25, 0.3) is 16.9 Å². The summed E-state index contributed by atoms with van der Waals surface area (Å²) in [5.74, 6) is -2.72. The van der Waals surface area contributed by atoms with E-state index in [1.807, 2.05) is 0 Å².